The molecule has 0 saturated carbocycles. The predicted molar refractivity (Wildman–Crippen MR) is 73.1 cm³/mol. The summed E-state index contributed by atoms with van der Waals surface area (Å²) in [6.45, 7) is 2.37. The number of carbonyl (C=O) groups is 1. The van der Waals surface area contributed by atoms with Crippen LogP contribution in [-0.2, 0) is 4.79 Å². The van der Waals surface area contributed by atoms with Gasteiger partial charge in [0.15, 0.2) is 0 Å². The summed E-state index contributed by atoms with van der Waals surface area (Å²) in [4.78, 5) is 11.0. The first-order chi connectivity index (χ1) is 8.58. The first-order valence-corrected chi connectivity index (χ1v) is 6.26. The molecule has 1 rings (SSSR count). The molecule has 0 radical (unpaired) electrons. The van der Waals surface area contributed by atoms with Crippen LogP contribution in [-0.4, -0.2) is 26.6 Å². The molecule has 100 valence electrons. The van der Waals surface area contributed by atoms with Crippen molar-refractivity contribution in [1.82, 2.24) is 10.6 Å². The highest BCUT2D eigenvalue weighted by Crippen LogP contribution is 2.27. The number of ether oxygens (including phenoxy) is 1. The van der Waals surface area contributed by atoms with Gasteiger partial charge in [-0.15, -0.1) is 0 Å². The molecule has 1 aromatic rings. The van der Waals surface area contributed by atoms with Crippen molar-refractivity contribution in [3.05, 3.63) is 28.8 Å². The SMILES string of the molecule is CNC(=O)CCOc1ccc(C(C)NC)cc1Cl. The van der Waals surface area contributed by atoms with Gasteiger partial charge < -0.3 is 15.4 Å². The zero-order valence-electron chi connectivity index (χ0n) is 10.9. The van der Waals surface area contributed by atoms with Crippen molar-refractivity contribution in [3.63, 3.8) is 0 Å². The number of carbonyl (C=O) groups excluding carboxylic acids is 1. The molecule has 4 nitrogen and oxygen atoms in total. The highest BCUT2D eigenvalue weighted by molar-refractivity contribution is 6.32. The second kappa shape index (κ2) is 7.24. The summed E-state index contributed by atoms with van der Waals surface area (Å²) in [5, 5.41) is 6.24. The van der Waals surface area contributed by atoms with Gasteiger partial charge >= 0.3 is 0 Å². The Labute approximate surface area is 113 Å². The third-order valence-electron chi connectivity index (χ3n) is 2.75. The van der Waals surface area contributed by atoms with Gasteiger partial charge in [0.25, 0.3) is 0 Å². The van der Waals surface area contributed by atoms with Gasteiger partial charge in [-0.2, -0.15) is 0 Å². The molecule has 1 amide bonds. The Morgan fingerprint density at radius 2 is 2.17 bits per heavy atom. The van der Waals surface area contributed by atoms with E-state index in [9.17, 15) is 4.79 Å². The summed E-state index contributed by atoms with van der Waals surface area (Å²) >= 11 is 6.13. The van der Waals surface area contributed by atoms with E-state index in [2.05, 4.69) is 17.6 Å². The van der Waals surface area contributed by atoms with Crippen molar-refractivity contribution < 1.29 is 9.53 Å². The van der Waals surface area contributed by atoms with Crippen LogP contribution in [0.3, 0.4) is 0 Å². The number of rotatable bonds is 6. The Morgan fingerprint density at radius 3 is 2.72 bits per heavy atom. The Kier molecular flexibility index (Phi) is 5.95. The van der Waals surface area contributed by atoms with Crippen LogP contribution in [0.4, 0.5) is 0 Å². The lowest BCUT2D eigenvalue weighted by Gasteiger charge is -2.13. The zero-order valence-corrected chi connectivity index (χ0v) is 11.7. The van der Waals surface area contributed by atoms with Crippen molar-refractivity contribution >= 4 is 17.5 Å². The van der Waals surface area contributed by atoms with E-state index in [4.69, 9.17) is 16.3 Å². The van der Waals surface area contributed by atoms with Crippen molar-refractivity contribution in [2.75, 3.05) is 20.7 Å². The van der Waals surface area contributed by atoms with Crippen LogP contribution < -0.4 is 15.4 Å². The number of amides is 1. The maximum absolute atomic E-state index is 11.0. The van der Waals surface area contributed by atoms with Gasteiger partial charge in [0.1, 0.15) is 5.75 Å². The molecule has 5 heteroatoms. The fourth-order valence-electron chi connectivity index (χ4n) is 1.45. The van der Waals surface area contributed by atoms with Crippen molar-refractivity contribution in [2.45, 2.75) is 19.4 Å². The average Bonchev–Trinajstić information content (AvgIpc) is 2.39. The van der Waals surface area contributed by atoms with Crippen molar-refractivity contribution in [1.29, 1.82) is 0 Å². The van der Waals surface area contributed by atoms with Crippen LogP contribution in [0.15, 0.2) is 18.2 Å². The number of nitrogens with one attached hydrogen (secondary N) is 2. The molecule has 1 aromatic carbocycles. The molecular formula is C13H19ClN2O2. The summed E-state index contributed by atoms with van der Waals surface area (Å²) in [7, 11) is 3.50. The summed E-state index contributed by atoms with van der Waals surface area (Å²) < 4.78 is 5.46. The standard InChI is InChI=1S/C13H19ClN2O2/c1-9(15-2)10-4-5-12(11(14)8-10)18-7-6-13(17)16-3/h4-5,8-9,15H,6-7H2,1-3H3,(H,16,17). The summed E-state index contributed by atoms with van der Waals surface area (Å²) in [5.74, 6) is 0.555. The number of benzene rings is 1. The lowest BCUT2D eigenvalue weighted by Crippen LogP contribution is -2.20. The maximum Gasteiger partial charge on any atom is 0.223 e. The van der Waals surface area contributed by atoms with Crippen LogP contribution in [0.25, 0.3) is 0 Å². The van der Waals surface area contributed by atoms with Gasteiger partial charge in [0.2, 0.25) is 5.91 Å². The molecule has 0 saturated heterocycles. The fourth-order valence-corrected chi connectivity index (χ4v) is 1.69. The Bertz CT molecular complexity index is 410. The topological polar surface area (TPSA) is 50.4 Å². The third-order valence-corrected chi connectivity index (χ3v) is 3.05. The van der Waals surface area contributed by atoms with Crippen molar-refractivity contribution in [2.24, 2.45) is 0 Å². The van der Waals surface area contributed by atoms with Gasteiger partial charge in [-0.25, -0.2) is 0 Å². The molecule has 1 atom stereocenters. The Hall–Kier alpha value is -1.26. The minimum absolute atomic E-state index is 0.0495. The van der Waals surface area contributed by atoms with Crippen LogP contribution in [0.5, 0.6) is 5.75 Å². The minimum atomic E-state index is -0.0495. The highest BCUT2D eigenvalue weighted by atomic mass is 35.5. The normalized spacial score (nSPS) is 12.0. The first-order valence-electron chi connectivity index (χ1n) is 5.88. The van der Waals surface area contributed by atoms with Crippen LogP contribution in [0.1, 0.15) is 24.9 Å². The smallest absolute Gasteiger partial charge is 0.223 e. The van der Waals surface area contributed by atoms with Gasteiger partial charge in [0, 0.05) is 13.1 Å². The average molecular weight is 271 g/mol. The molecule has 0 aliphatic rings. The van der Waals surface area contributed by atoms with Crippen LogP contribution >= 0.6 is 11.6 Å². The van der Waals surface area contributed by atoms with Gasteiger partial charge in [-0.05, 0) is 31.7 Å². The van der Waals surface area contributed by atoms with Gasteiger partial charge in [-0.1, -0.05) is 17.7 Å². The van der Waals surface area contributed by atoms with Gasteiger partial charge in [-0.3, -0.25) is 4.79 Å². The van der Waals surface area contributed by atoms with E-state index >= 15 is 0 Å². The first kappa shape index (κ1) is 14.8. The summed E-state index contributed by atoms with van der Waals surface area (Å²) in [6, 6.07) is 5.90. The predicted octanol–water partition coefficient (Wildman–Crippen LogP) is 2.14. The zero-order chi connectivity index (χ0) is 13.5. The van der Waals surface area contributed by atoms with E-state index in [0.717, 1.165) is 5.56 Å². The lowest BCUT2D eigenvalue weighted by molar-refractivity contribution is -0.121. The van der Waals surface area contributed by atoms with Crippen LogP contribution in [0, 0.1) is 0 Å². The minimum Gasteiger partial charge on any atom is -0.491 e. The van der Waals surface area contributed by atoms with Gasteiger partial charge in [0.05, 0.1) is 18.1 Å². The molecule has 0 fully saturated rings. The van der Waals surface area contributed by atoms with E-state index in [1.54, 1.807) is 7.05 Å². The number of hydrogen-bond acceptors (Lipinski definition) is 3. The second-order valence-electron chi connectivity index (χ2n) is 3.97. The molecule has 0 bridgehead atoms. The molecule has 18 heavy (non-hydrogen) atoms. The molecule has 2 N–H and O–H groups in total. The van der Waals surface area contributed by atoms with E-state index in [0.29, 0.717) is 23.8 Å². The number of hydrogen-bond donors (Lipinski definition) is 2. The molecule has 0 spiro atoms. The molecule has 0 heterocycles. The molecule has 0 aromatic heterocycles. The Morgan fingerprint density at radius 1 is 1.44 bits per heavy atom. The van der Waals surface area contributed by atoms with E-state index in [1.807, 2.05) is 25.2 Å². The molecule has 1 unspecified atom stereocenters. The molecule has 0 aliphatic heterocycles. The fraction of sp³-hybridized carbons (Fsp3) is 0.462. The third kappa shape index (κ3) is 4.20. The highest BCUT2D eigenvalue weighted by Gasteiger charge is 2.08. The van der Waals surface area contributed by atoms with E-state index in [-0.39, 0.29) is 11.9 Å². The second-order valence-corrected chi connectivity index (χ2v) is 4.38. The Balaban J connectivity index is 2.60. The van der Waals surface area contributed by atoms with E-state index < -0.39 is 0 Å². The van der Waals surface area contributed by atoms with Crippen LogP contribution in [0.2, 0.25) is 5.02 Å². The molecule has 0 aliphatic carbocycles. The lowest BCUT2D eigenvalue weighted by atomic mass is 10.1. The quantitative estimate of drug-likeness (QED) is 0.833. The molecular weight excluding hydrogens is 252 g/mol. The maximum atomic E-state index is 11.0. The monoisotopic (exact) mass is 270 g/mol. The summed E-state index contributed by atoms with van der Waals surface area (Å²) in [5.41, 5.74) is 1.10. The van der Waals surface area contributed by atoms with Crippen molar-refractivity contribution in [3.8, 4) is 5.75 Å². The van der Waals surface area contributed by atoms with E-state index in [1.165, 1.54) is 0 Å². The number of halogens is 1. The largest absolute Gasteiger partial charge is 0.491 e. The summed E-state index contributed by atoms with van der Waals surface area (Å²) in [6.07, 6.45) is 0.321.